The van der Waals surface area contributed by atoms with E-state index >= 15 is 0 Å². The Balaban J connectivity index is 1.92. The molecule has 0 radical (unpaired) electrons. The molecular formula is C18H20FN2O3S+. The van der Waals surface area contributed by atoms with Gasteiger partial charge in [0.05, 0.1) is 30.6 Å². The molecule has 3 rings (SSSR count). The Labute approximate surface area is 149 Å². The van der Waals surface area contributed by atoms with E-state index in [-0.39, 0.29) is 5.91 Å². The van der Waals surface area contributed by atoms with Crippen molar-refractivity contribution >= 4 is 28.2 Å². The monoisotopic (exact) mass is 363 g/mol. The van der Waals surface area contributed by atoms with Crippen LogP contribution in [0.5, 0.6) is 0 Å². The summed E-state index contributed by atoms with van der Waals surface area (Å²) in [6.45, 7) is 4.94. The zero-order valence-corrected chi connectivity index (χ0v) is 15.0. The summed E-state index contributed by atoms with van der Waals surface area (Å²) in [5.41, 5.74) is 1.76. The second kappa shape index (κ2) is 7.33. The predicted octanol–water partition coefficient (Wildman–Crippen LogP) is 1.89. The fourth-order valence-electron chi connectivity index (χ4n) is 3.02. The highest BCUT2D eigenvalue weighted by molar-refractivity contribution is 7.17. The van der Waals surface area contributed by atoms with Crippen LogP contribution < -0.4 is 10.2 Å². The van der Waals surface area contributed by atoms with Crippen LogP contribution >= 0.6 is 11.3 Å². The van der Waals surface area contributed by atoms with Gasteiger partial charge in [-0.2, -0.15) is 0 Å². The number of benzene rings is 1. The normalized spacial score (nSPS) is 16.2. The van der Waals surface area contributed by atoms with Gasteiger partial charge in [0.2, 0.25) is 0 Å². The molecule has 0 bridgehead atoms. The number of methoxy groups -OCH3 is 1. The Bertz CT molecular complexity index is 801. The number of anilines is 1. The molecule has 1 unspecified atom stereocenters. The number of amides is 1. The average Bonchev–Trinajstić information content (AvgIpc) is 2.98. The zero-order valence-electron chi connectivity index (χ0n) is 14.1. The summed E-state index contributed by atoms with van der Waals surface area (Å²) >= 11 is 1.42. The average molecular weight is 363 g/mol. The second-order valence-corrected chi connectivity index (χ2v) is 7.05. The number of thiophene rings is 1. The maximum atomic E-state index is 13.0. The van der Waals surface area contributed by atoms with Gasteiger partial charge in [-0.25, -0.2) is 9.18 Å². The van der Waals surface area contributed by atoms with Crippen LogP contribution in [0, 0.1) is 5.82 Å². The van der Waals surface area contributed by atoms with Crippen molar-refractivity contribution in [2.45, 2.75) is 19.9 Å². The molecule has 132 valence electrons. The number of halogens is 1. The summed E-state index contributed by atoms with van der Waals surface area (Å²) in [4.78, 5) is 27.3. The predicted molar refractivity (Wildman–Crippen MR) is 93.8 cm³/mol. The lowest BCUT2D eigenvalue weighted by atomic mass is 10.0. The molecule has 1 aromatic heterocycles. The topological polar surface area (TPSA) is 59.8 Å². The van der Waals surface area contributed by atoms with E-state index in [1.54, 1.807) is 0 Å². The number of esters is 1. The molecule has 0 aliphatic carbocycles. The molecule has 1 aromatic carbocycles. The van der Waals surface area contributed by atoms with Gasteiger partial charge in [-0.15, -0.1) is 11.3 Å². The summed E-state index contributed by atoms with van der Waals surface area (Å²) in [5, 5.41) is 3.30. The van der Waals surface area contributed by atoms with E-state index in [1.165, 1.54) is 47.6 Å². The van der Waals surface area contributed by atoms with E-state index in [0.29, 0.717) is 16.1 Å². The molecule has 0 saturated carbocycles. The smallest absolute Gasteiger partial charge is 0.341 e. The number of carbonyl (C=O) groups is 2. The third-order valence-corrected chi connectivity index (χ3v) is 5.60. The highest BCUT2D eigenvalue weighted by Crippen LogP contribution is 2.35. The summed E-state index contributed by atoms with van der Waals surface area (Å²) in [5.74, 6) is -1.21. The molecule has 0 spiro atoms. The maximum Gasteiger partial charge on any atom is 0.341 e. The van der Waals surface area contributed by atoms with Crippen LogP contribution in [0.4, 0.5) is 9.39 Å². The molecule has 2 heterocycles. The van der Waals surface area contributed by atoms with Crippen molar-refractivity contribution in [2.24, 2.45) is 0 Å². The van der Waals surface area contributed by atoms with E-state index < -0.39 is 11.8 Å². The number of carbonyl (C=O) groups excluding carboxylic acids is 2. The summed E-state index contributed by atoms with van der Waals surface area (Å²) in [6, 6.07) is 5.30. The van der Waals surface area contributed by atoms with Crippen LogP contribution in [0.15, 0.2) is 24.3 Å². The summed E-state index contributed by atoms with van der Waals surface area (Å²) in [6.07, 6.45) is 0.784. The van der Waals surface area contributed by atoms with Crippen molar-refractivity contribution in [1.82, 2.24) is 0 Å². The Morgan fingerprint density at radius 2 is 2.04 bits per heavy atom. The molecule has 5 nitrogen and oxygen atoms in total. The second-order valence-electron chi connectivity index (χ2n) is 5.94. The number of hydrogen-bond donors (Lipinski definition) is 2. The molecule has 0 fully saturated rings. The Hall–Kier alpha value is -2.25. The van der Waals surface area contributed by atoms with Crippen LogP contribution in [0.1, 0.15) is 38.1 Å². The van der Waals surface area contributed by atoms with Gasteiger partial charge in [-0.1, -0.05) is 0 Å². The standard InChI is InChI=1S/C18H19FN2O3S/c1-3-21-9-8-13-14(10-21)25-17(15(13)18(23)24-2)20-16(22)11-4-6-12(19)7-5-11/h4-7H,3,8-10H2,1-2H3,(H,20,22)/p+1. The van der Waals surface area contributed by atoms with Crippen molar-refractivity contribution in [3.05, 3.63) is 51.7 Å². The SMILES string of the molecule is CC[NH+]1CCc2c(sc(NC(=O)c3ccc(F)cc3)c2C(=O)OC)C1. The van der Waals surface area contributed by atoms with E-state index in [2.05, 4.69) is 12.2 Å². The minimum Gasteiger partial charge on any atom is -0.465 e. The highest BCUT2D eigenvalue weighted by atomic mass is 32.1. The van der Waals surface area contributed by atoms with Crippen molar-refractivity contribution in [1.29, 1.82) is 0 Å². The van der Waals surface area contributed by atoms with Gasteiger partial charge >= 0.3 is 5.97 Å². The van der Waals surface area contributed by atoms with Crippen LogP contribution in [0.3, 0.4) is 0 Å². The number of quaternary nitrogens is 1. The Morgan fingerprint density at radius 3 is 2.68 bits per heavy atom. The van der Waals surface area contributed by atoms with Gasteiger partial charge in [-0.3, -0.25) is 4.79 Å². The number of nitrogens with one attached hydrogen (secondary N) is 2. The van der Waals surface area contributed by atoms with Gasteiger partial charge < -0.3 is 15.0 Å². The number of hydrogen-bond acceptors (Lipinski definition) is 4. The van der Waals surface area contributed by atoms with Gasteiger partial charge in [-0.05, 0) is 36.8 Å². The summed E-state index contributed by atoms with van der Waals surface area (Å²) < 4.78 is 17.9. The lowest BCUT2D eigenvalue weighted by Gasteiger charge is -2.22. The number of rotatable bonds is 4. The Kier molecular flexibility index (Phi) is 5.15. The van der Waals surface area contributed by atoms with E-state index in [4.69, 9.17) is 4.74 Å². The lowest BCUT2D eigenvalue weighted by Crippen LogP contribution is -3.11. The van der Waals surface area contributed by atoms with Crippen molar-refractivity contribution < 1.29 is 23.6 Å². The molecule has 1 aliphatic heterocycles. The Morgan fingerprint density at radius 1 is 1.32 bits per heavy atom. The zero-order chi connectivity index (χ0) is 18.0. The molecule has 1 amide bonds. The van der Waals surface area contributed by atoms with Gasteiger partial charge in [0.25, 0.3) is 5.91 Å². The van der Waals surface area contributed by atoms with Gasteiger partial charge in [0.15, 0.2) is 0 Å². The van der Waals surface area contributed by atoms with Crippen LogP contribution in [-0.2, 0) is 17.7 Å². The van der Waals surface area contributed by atoms with E-state index in [0.717, 1.165) is 36.5 Å². The minimum atomic E-state index is -0.438. The van der Waals surface area contributed by atoms with Crippen LogP contribution in [-0.4, -0.2) is 32.1 Å². The van der Waals surface area contributed by atoms with Crippen LogP contribution in [0.25, 0.3) is 0 Å². The third kappa shape index (κ3) is 3.57. The molecule has 1 atom stereocenters. The number of fused-ring (bicyclic) bond motifs is 1. The molecular weight excluding hydrogens is 343 g/mol. The first-order valence-electron chi connectivity index (χ1n) is 8.16. The lowest BCUT2D eigenvalue weighted by molar-refractivity contribution is -0.913. The molecule has 25 heavy (non-hydrogen) atoms. The maximum absolute atomic E-state index is 13.0. The third-order valence-electron chi connectivity index (χ3n) is 4.45. The highest BCUT2D eigenvalue weighted by Gasteiger charge is 2.30. The fraction of sp³-hybridized carbons (Fsp3) is 0.333. The molecule has 7 heteroatoms. The van der Waals surface area contributed by atoms with Crippen LogP contribution in [0.2, 0.25) is 0 Å². The molecule has 0 saturated heterocycles. The first-order valence-corrected chi connectivity index (χ1v) is 8.98. The van der Waals surface area contributed by atoms with Crippen molar-refractivity contribution in [2.75, 3.05) is 25.5 Å². The van der Waals surface area contributed by atoms with Gasteiger partial charge in [0, 0.05) is 12.0 Å². The fourth-order valence-corrected chi connectivity index (χ4v) is 4.32. The quantitative estimate of drug-likeness (QED) is 0.816. The first kappa shape index (κ1) is 17.6. The largest absolute Gasteiger partial charge is 0.465 e. The summed E-state index contributed by atoms with van der Waals surface area (Å²) in [7, 11) is 1.34. The number of ether oxygens (including phenoxy) is 1. The van der Waals surface area contributed by atoms with Crippen molar-refractivity contribution in [3.63, 3.8) is 0 Å². The van der Waals surface area contributed by atoms with E-state index in [1.807, 2.05) is 0 Å². The van der Waals surface area contributed by atoms with E-state index in [9.17, 15) is 14.0 Å². The molecule has 2 N–H and O–H groups in total. The van der Waals surface area contributed by atoms with Gasteiger partial charge in [0.1, 0.15) is 17.4 Å². The van der Waals surface area contributed by atoms with Crippen molar-refractivity contribution in [3.8, 4) is 0 Å². The minimum absolute atomic E-state index is 0.337. The molecule has 1 aliphatic rings. The molecule has 2 aromatic rings. The number of likely N-dealkylation sites (N-methyl/N-ethyl adjacent to an activating group) is 1. The first-order chi connectivity index (χ1) is 12.0.